The molecule has 1 N–H and O–H groups in total. The number of anilines is 2. The quantitative estimate of drug-likeness (QED) is 0.202. The summed E-state index contributed by atoms with van der Waals surface area (Å²) in [5.74, 6) is 1.48. The van der Waals surface area contributed by atoms with Crippen LogP contribution in [-0.2, 0) is 26.3 Å². The smallest absolute Gasteiger partial charge is 0.370 e. The highest BCUT2D eigenvalue weighted by atomic mass is 19.4. The van der Waals surface area contributed by atoms with Gasteiger partial charge >= 0.3 is 6.18 Å². The second-order valence-corrected chi connectivity index (χ2v) is 14.3. The number of carbonyl (C=O) groups is 1. The van der Waals surface area contributed by atoms with Gasteiger partial charge in [0.05, 0.1) is 23.7 Å². The second-order valence-electron chi connectivity index (χ2n) is 14.3. The third-order valence-electron chi connectivity index (χ3n) is 10.8. The van der Waals surface area contributed by atoms with E-state index >= 15 is 0 Å². The number of fused-ring (bicyclic) bond motifs is 1. The van der Waals surface area contributed by atoms with Crippen molar-refractivity contribution in [1.29, 1.82) is 5.26 Å². The third kappa shape index (κ3) is 6.05. The number of halogens is 3. The van der Waals surface area contributed by atoms with Gasteiger partial charge in [-0.25, -0.2) is 4.98 Å². The molecule has 2 saturated carbocycles. The van der Waals surface area contributed by atoms with Crippen LogP contribution < -0.4 is 10.2 Å². The van der Waals surface area contributed by atoms with Crippen LogP contribution in [0.25, 0.3) is 22.5 Å². The molecule has 4 heterocycles. The minimum Gasteiger partial charge on any atom is -0.370 e. The summed E-state index contributed by atoms with van der Waals surface area (Å²) in [7, 11) is 1.82. The molecule has 1 saturated heterocycles. The summed E-state index contributed by atoms with van der Waals surface area (Å²) in [4.78, 5) is 22.5. The fraction of sp³-hybridized carbons (Fsp3) is 0.432. The van der Waals surface area contributed by atoms with Gasteiger partial charge in [0.15, 0.2) is 5.82 Å². The number of benzene rings is 2. The van der Waals surface area contributed by atoms with Gasteiger partial charge in [-0.3, -0.25) is 14.6 Å². The van der Waals surface area contributed by atoms with Gasteiger partial charge in [0.2, 0.25) is 0 Å². The Morgan fingerprint density at radius 3 is 2.57 bits per heavy atom. The number of hydrogen-bond donors (Lipinski definition) is 1. The highest BCUT2D eigenvalue weighted by molar-refractivity contribution is 6.10. The van der Waals surface area contributed by atoms with E-state index in [2.05, 4.69) is 26.5 Å². The van der Waals surface area contributed by atoms with Crippen LogP contribution in [0.5, 0.6) is 0 Å². The second kappa shape index (κ2) is 12.0. The van der Waals surface area contributed by atoms with Crippen molar-refractivity contribution in [3.63, 3.8) is 0 Å². The lowest BCUT2D eigenvalue weighted by Gasteiger charge is -2.38. The average molecular weight is 667 g/mol. The number of likely N-dealkylation sites (tertiary alicyclic amines) is 1. The molecule has 1 amide bonds. The number of hydrogen-bond acceptors (Lipinski definition) is 7. The third-order valence-corrected chi connectivity index (χ3v) is 10.8. The molecule has 49 heavy (non-hydrogen) atoms. The Labute approximate surface area is 282 Å². The molecule has 8 rings (SSSR count). The van der Waals surface area contributed by atoms with Crippen molar-refractivity contribution in [2.75, 3.05) is 29.9 Å². The molecular formula is C37H37F3N8O. The molecule has 0 atom stereocenters. The Bertz CT molecular complexity index is 1990. The zero-order valence-electron chi connectivity index (χ0n) is 27.4. The maximum atomic E-state index is 14.6. The predicted molar refractivity (Wildman–Crippen MR) is 178 cm³/mol. The van der Waals surface area contributed by atoms with Crippen LogP contribution in [0, 0.1) is 22.7 Å². The van der Waals surface area contributed by atoms with E-state index in [0.29, 0.717) is 63.9 Å². The first kappa shape index (κ1) is 31.5. The van der Waals surface area contributed by atoms with Gasteiger partial charge in [-0.15, -0.1) is 10.2 Å². The molecule has 2 aromatic heterocycles. The molecule has 0 radical (unpaired) electrons. The number of amides is 1. The molecule has 2 aliphatic heterocycles. The first-order valence-corrected chi connectivity index (χ1v) is 17.0. The largest absolute Gasteiger partial charge is 0.416 e. The van der Waals surface area contributed by atoms with Gasteiger partial charge in [-0.2, -0.15) is 18.4 Å². The van der Waals surface area contributed by atoms with Crippen molar-refractivity contribution >= 4 is 17.5 Å². The molecule has 1 spiro atoms. The van der Waals surface area contributed by atoms with Gasteiger partial charge in [0, 0.05) is 37.8 Å². The van der Waals surface area contributed by atoms with Crippen molar-refractivity contribution in [2.45, 2.75) is 64.2 Å². The van der Waals surface area contributed by atoms with E-state index in [-0.39, 0.29) is 23.5 Å². The van der Waals surface area contributed by atoms with Crippen LogP contribution in [0.3, 0.4) is 0 Å². The summed E-state index contributed by atoms with van der Waals surface area (Å²) in [6.07, 6.45) is 4.99. The minimum atomic E-state index is -4.62. The zero-order chi connectivity index (χ0) is 33.9. The van der Waals surface area contributed by atoms with Crippen LogP contribution in [0.15, 0.2) is 48.8 Å². The van der Waals surface area contributed by atoms with Crippen LogP contribution in [0.4, 0.5) is 24.8 Å². The SMILES string of the molecule is Cn1cnnc1-c1ccc(C#N)cc1-c1cc(NCCC2CC2)nc(N2Cc3c(cc(CN4CCC5(CCC5)C4)cc3C(F)(F)F)C2=O)c1. The Hall–Kier alpha value is -4.76. The summed E-state index contributed by atoms with van der Waals surface area (Å²) in [5.41, 5.74) is 2.55. The molecule has 2 aromatic carbocycles. The number of alkyl halides is 3. The molecule has 2 aliphatic carbocycles. The summed E-state index contributed by atoms with van der Waals surface area (Å²) in [6, 6.07) is 13.9. The van der Waals surface area contributed by atoms with E-state index in [1.165, 1.54) is 43.1 Å². The fourth-order valence-electron chi connectivity index (χ4n) is 7.79. The number of aryl methyl sites for hydroxylation is 1. The normalized spacial score (nSPS) is 18.5. The van der Waals surface area contributed by atoms with Gasteiger partial charge in [-0.05, 0) is 108 Å². The fourth-order valence-corrected chi connectivity index (χ4v) is 7.79. The molecule has 12 heteroatoms. The molecule has 3 fully saturated rings. The summed E-state index contributed by atoms with van der Waals surface area (Å²) >= 11 is 0. The molecule has 0 bridgehead atoms. The van der Waals surface area contributed by atoms with Gasteiger partial charge in [0.25, 0.3) is 5.91 Å². The van der Waals surface area contributed by atoms with Crippen LogP contribution in [0.1, 0.15) is 77.6 Å². The van der Waals surface area contributed by atoms with Gasteiger partial charge in [0.1, 0.15) is 18.0 Å². The number of pyridine rings is 1. The maximum Gasteiger partial charge on any atom is 0.416 e. The standard InChI is InChI=1S/C37H37F3N8O/c1-46-22-43-45-34(46)27-6-5-24(18-41)13-28(27)26-16-32(42-11-7-23-3-4-23)44-33(17-26)48-20-30-29(35(48)49)14-25(15-31(30)37(38,39)40)19-47-12-10-36(21-47)8-2-9-36/h5-6,13-17,22-23H,2-4,7-12,19-21H2,1H3,(H,42,44). The van der Waals surface area contributed by atoms with Gasteiger partial charge < -0.3 is 9.88 Å². The highest BCUT2D eigenvalue weighted by Crippen LogP contribution is 2.48. The summed E-state index contributed by atoms with van der Waals surface area (Å²) < 4.78 is 45.6. The lowest BCUT2D eigenvalue weighted by molar-refractivity contribution is -0.138. The molecule has 4 aliphatic rings. The van der Waals surface area contributed by atoms with Crippen molar-refractivity contribution in [3.05, 3.63) is 76.6 Å². The topological polar surface area (TPSA) is 103 Å². The number of rotatable bonds is 9. The molecule has 252 valence electrons. The Balaban J connectivity index is 1.18. The number of nitrogens with zero attached hydrogens (tertiary/aromatic N) is 7. The minimum absolute atomic E-state index is 0.0279. The first-order valence-electron chi connectivity index (χ1n) is 17.0. The van der Waals surface area contributed by atoms with Crippen molar-refractivity contribution < 1.29 is 18.0 Å². The van der Waals surface area contributed by atoms with Crippen LogP contribution in [0.2, 0.25) is 0 Å². The Morgan fingerprint density at radius 2 is 1.90 bits per heavy atom. The Kier molecular flexibility index (Phi) is 7.70. The average Bonchev–Trinajstić information content (AvgIpc) is 3.46. The van der Waals surface area contributed by atoms with Crippen LogP contribution in [-0.4, -0.2) is 50.2 Å². The molecule has 4 aromatic rings. The van der Waals surface area contributed by atoms with Crippen molar-refractivity contribution in [3.8, 4) is 28.6 Å². The van der Waals surface area contributed by atoms with Gasteiger partial charge in [-0.1, -0.05) is 19.3 Å². The van der Waals surface area contributed by atoms with E-state index in [0.717, 1.165) is 25.9 Å². The van der Waals surface area contributed by atoms with E-state index in [9.17, 15) is 23.2 Å². The lowest BCUT2D eigenvalue weighted by atomic mass is 9.68. The lowest BCUT2D eigenvalue weighted by Crippen LogP contribution is -2.33. The Morgan fingerprint density at radius 1 is 1.06 bits per heavy atom. The predicted octanol–water partition coefficient (Wildman–Crippen LogP) is 7.18. The number of aromatic nitrogens is 4. The van der Waals surface area contributed by atoms with Crippen molar-refractivity contribution in [1.82, 2.24) is 24.6 Å². The molecule has 9 nitrogen and oxygen atoms in total. The van der Waals surface area contributed by atoms with E-state index in [1.807, 2.05) is 13.1 Å². The first-order chi connectivity index (χ1) is 23.6. The highest BCUT2D eigenvalue weighted by Gasteiger charge is 2.44. The number of carbonyl (C=O) groups excluding carboxylic acids is 1. The van der Waals surface area contributed by atoms with E-state index < -0.39 is 17.6 Å². The van der Waals surface area contributed by atoms with Crippen LogP contribution >= 0.6 is 0 Å². The number of nitrogens with one attached hydrogen (secondary N) is 1. The summed E-state index contributed by atoms with van der Waals surface area (Å²) in [5, 5.41) is 21.5. The van der Waals surface area contributed by atoms with E-state index in [1.54, 1.807) is 41.2 Å². The number of nitriles is 1. The monoisotopic (exact) mass is 666 g/mol. The summed E-state index contributed by atoms with van der Waals surface area (Å²) in [6.45, 7) is 2.55. The maximum absolute atomic E-state index is 14.6. The molecule has 0 unspecified atom stereocenters. The van der Waals surface area contributed by atoms with E-state index in [4.69, 9.17) is 4.98 Å². The molecular weight excluding hydrogens is 629 g/mol. The zero-order valence-corrected chi connectivity index (χ0v) is 27.4. The van der Waals surface area contributed by atoms with Crippen molar-refractivity contribution in [2.24, 2.45) is 18.4 Å².